The molecular formula is C13H18N4OS. The highest BCUT2D eigenvalue weighted by Crippen LogP contribution is 2.38. The highest BCUT2D eigenvalue weighted by molar-refractivity contribution is 7.11. The molecular weight excluding hydrogens is 260 g/mol. The lowest BCUT2D eigenvalue weighted by atomic mass is 10.3. The molecule has 0 bridgehead atoms. The zero-order chi connectivity index (χ0) is 13.8. The molecule has 0 saturated carbocycles. The molecule has 0 unspecified atom stereocenters. The van der Waals surface area contributed by atoms with Crippen molar-refractivity contribution < 1.29 is 4.74 Å². The van der Waals surface area contributed by atoms with Crippen molar-refractivity contribution in [2.45, 2.75) is 20.4 Å². The molecule has 6 heteroatoms. The van der Waals surface area contributed by atoms with Crippen LogP contribution in [0, 0.1) is 6.92 Å². The van der Waals surface area contributed by atoms with E-state index in [1.54, 1.807) is 0 Å². The van der Waals surface area contributed by atoms with Gasteiger partial charge in [0.2, 0.25) is 0 Å². The second kappa shape index (κ2) is 5.88. The second-order valence-electron chi connectivity index (χ2n) is 4.26. The summed E-state index contributed by atoms with van der Waals surface area (Å²) < 4.78 is 9.70. The molecule has 0 spiro atoms. The molecule has 2 N–H and O–H groups in total. The van der Waals surface area contributed by atoms with E-state index in [-0.39, 0.29) is 0 Å². The first-order chi connectivity index (χ1) is 9.11. The van der Waals surface area contributed by atoms with Crippen molar-refractivity contribution in [2.75, 3.05) is 24.3 Å². The number of hydrogen-bond donors (Lipinski definition) is 1. The summed E-state index contributed by atoms with van der Waals surface area (Å²) in [6, 6.07) is 6.00. The standard InChI is InChI=1S/C13H18N4OS/c1-4-18-11-12(14)16-19-13(11)17(3)8-10-7-5-6-9(2)15-10/h5-7H,4,8H2,1-3H3,(H2,14,16). The Morgan fingerprint density at radius 3 is 2.89 bits per heavy atom. The van der Waals surface area contributed by atoms with Gasteiger partial charge in [-0.15, -0.1) is 0 Å². The van der Waals surface area contributed by atoms with Crippen molar-refractivity contribution in [3.63, 3.8) is 0 Å². The SMILES string of the molecule is CCOc1c(N)nsc1N(C)Cc1cccc(C)n1. The normalized spacial score (nSPS) is 10.5. The van der Waals surface area contributed by atoms with E-state index in [2.05, 4.69) is 14.3 Å². The number of rotatable bonds is 5. The fourth-order valence-corrected chi connectivity index (χ4v) is 2.53. The fraction of sp³-hybridized carbons (Fsp3) is 0.385. The predicted octanol–water partition coefficient (Wildman–Crippen LogP) is 2.46. The van der Waals surface area contributed by atoms with Crippen LogP contribution in [0.1, 0.15) is 18.3 Å². The molecule has 102 valence electrons. The minimum absolute atomic E-state index is 0.450. The summed E-state index contributed by atoms with van der Waals surface area (Å²) in [5, 5.41) is 0.933. The number of nitrogens with two attached hydrogens (primary N) is 1. The lowest BCUT2D eigenvalue weighted by Gasteiger charge is -2.18. The maximum absolute atomic E-state index is 5.81. The average molecular weight is 278 g/mol. The molecule has 5 nitrogen and oxygen atoms in total. The van der Waals surface area contributed by atoms with Crippen molar-refractivity contribution in [2.24, 2.45) is 0 Å². The van der Waals surface area contributed by atoms with Crippen molar-refractivity contribution in [3.8, 4) is 5.75 Å². The van der Waals surface area contributed by atoms with Crippen LogP contribution in [0.4, 0.5) is 10.8 Å². The number of nitrogens with zero attached hydrogens (tertiary/aromatic N) is 3. The molecule has 0 amide bonds. The number of aromatic nitrogens is 2. The summed E-state index contributed by atoms with van der Waals surface area (Å²) in [5.41, 5.74) is 7.84. The Bertz CT molecular complexity index is 555. The van der Waals surface area contributed by atoms with Crippen molar-refractivity contribution in [1.82, 2.24) is 9.36 Å². The molecule has 0 radical (unpaired) electrons. The Hall–Kier alpha value is -1.82. The number of anilines is 2. The minimum Gasteiger partial charge on any atom is -0.487 e. The molecule has 2 heterocycles. The largest absolute Gasteiger partial charge is 0.487 e. The number of nitrogen functional groups attached to an aromatic ring is 1. The summed E-state index contributed by atoms with van der Waals surface area (Å²) in [4.78, 5) is 6.55. The second-order valence-corrected chi connectivity index (χ2v) is 5.01. The maximum Gasteiger partial charge on any atom is 0.197 e. The van der Waals surface area contributed by atoms with E-state index in [1.165, 1.54) is 11.5 Å². The van der Waals surface area contributed by atoms with E-state index in [1.807, 2.05) is 39.1 Å². The first-order valence-electron chi connectivity index (χ1n) is 6.13. The molecule has 0 aliphatic heterocycles. The van der Waals surface area contributed by atoms with Gasteiger partial charge >= 0.3 is 0 Å². The number of aryl methyl sites for hydroxylation is 1. The van der Waals surface area contributed by atoms with Crippen LogP contribution in [0.3, 0.4) is 0 Å². The third-order valence-electron chi connectivity index (χ3n) is 2.64. The van der Waals surface area contributed by atoms with Gasteiger partial charge in [-0.3, -0.25) is 4.98 Å². The summed E-state index contributed by atoms with van der Waals surface area (Å²) in [5.74, 6) is 1.12. The van der Waals surface area contributed by atoms with Crippen LogP contribution in [0.5, 0.6) is 5.75 Å². The van der Waals surface area contributed by atoms with E-state index >= 15 is 0 Å². The molecule has 0 atom stereocenters. The quantitative estimate of drug-likeness (QED) is 0.910. The third kappa shape index (κ3) is 3.14. The summed E-state index contributed by atoms with van der Waals surface area (Å²) in [6.07, 6.45) is 0. The van der Waals surface area contributed by atoms with Crippen LogP contribution in [0.25, 0.3) is 0 Å². The average Bonchev–Trinajstić information content (AvgIpc) is 2.72. The Kier molecular flexibility index (Phi) is 4.21. The van der Waals surface area contributed by atoms with Gasteiger partial charge in [-0.1, -0.05) is 6.07 Å². The molecule has 2 aromatic heterocycles. The molecule has 2 aromatic rings. The van der Waals surface area contributed by atoms with Crippen LogP contribution < -0.4 is 15.4 Å². The lowest BCUT2D eigenvalue weighted by Crippen LogP contribution is -2.17. The number of pyridine rings is 1. The summed E-state index contributed by atoms with van der Waals surface area (Å²) in [7, 11) is 1.99. The Balaban J connectivity index is 2.18. The van der Waals surface area contributed by atoms with Crippen LogP contribution in [-0.2, 0) is 6.54 Å². The van der Waals surface area contributed by atoms with Gasteiger partial charge in [-0.05, 0) is 37.5 Å². The number of hydrogen-bond acceptors (Lipinski definition) is 6. The van der Waals surface area contributed by atoms with E-state index in [0.29, 0.717) is 24.7 Å². The smallest absolute Gasteiger partial charge is 0.197 e. The first-order valence-corrected chi connectivity index (χ1v) is 6.90. The monoisotopic (exact) mass is 278 g/mol. The summed E-state index contributed by atoms with van der Waals surface area (Å²) >= 11 is 1.35. The van der Waals surface area contributed by atoms with Gasteiger partial charge in [0.1, 0.15) is 0 Å². The van der Waals surface area contributed by atoms with Crippen molar-refractivity contribution >= 4 is 22.4 Å². The maximum atomic E-state index is 5.81. The van der Waals surface area contributed by atoms with Crippen LogP contribution in [-0.4, -0.2) is 23.0 Å². The molecule has 0 fully saturated rings. The lowest BCUT2D eigenvalue weighted by molar-refractivity contribution is 0.343. The zero-order valence-electron chi connectivity index (χ0n) is 11.4. The van der Waals surface area contributed by atoms with Gasteiger partial charge in [0, 0.05) is 12.7 Å². The highest BCUT2D eigenvalue weighted by Gasteiger charge is 2.17. The predicted molar refractivity (Wildman–Crippen MR) is 78.8 cm³/mol. The van der Waals surface area contributed by atoms with Crippen LogP contribution in [0.2, 0.25) is 0 Å². The van der Waals surface area contributed by atoms with Gasteiger partial charge in [-0.2, -0.15) is 4.37 Å². The molecule has 0 aliphatic carbocycles. The van der Waals surface area contributed by atoms with Gasteiger partial charge in [0.25, 0.3) is 0 Å². The van der Waals surface area contributed by atoms with E-state index in [4.69, 9.17) is 10.5 Å². The first kappa shape index (κ1) is 13.6. The van der Waals surface area contributed by atoms with E-state index in [9.17, 15) is 0 Å². The van der Waals surface area contributed by atoms with Crippen LogP contribution in [0.15, 0.2) is 18.2 Å². The van der Waals surface area contributed by atoms with Gasteiger partial charge < -0.3 is 15.4 Å². The van der Waals surface area contributed by atoms with Crippen LogP contribution >= 0.6 is 11.5 Å². The highest BCUT2D eigenvalue weighted by atomic mass is 32.1. The molecule has 19 heavy (non-hydrogen) atoms. The Morgan fingerprint density at radius 2 is 2.21 bits per heavy atom. The molecule has 0 saturated heterocycles. The van der Waals surface area contributed by atoms with Gasteiger partial charge in [-0.25, -0.2) is 0 Å². The number of ether oxygens (including phenoxy) is 1. The molecule has 2 rings (SSSR count). The van der Waals surface area contributed by atoms with E-state index < -0.39 is 0 Å². The van der Waals surface area contributed by atoms with Crippen molar-refractivity contribution in [1.29, 1.82) is 0 Å². The molecule has 0 aliphatic rings. The van der Waals surface area contributed by atoms with E-state index in [0.717, 1.165) is 16.4 Å². The zero-order valence-corrected chi connectivity index (χ0v) is 12.2. The van der Waals surface area contributed by atoms with Gasteiger partial charge in [0.15, 0.2) is 16.6 Å². The van der Waals surface area contributed by atoms with Crippen molar-refractivity contribution in [3.05, 3.63) is 29.6 Å². The fourth-order valence-electron chi connectivity index (χ4n) is 1.81. The Morgan fingerprint density at radius 1 is 1.42 bits per heavy atom. The minimum atomic E-state index is 0.450. The third-order valence-corrected chi connectivity index (χ3v) is 3.60. The van der Waals surface area contributed by atoms with Gasteiger partial charge in [0.05, 0.1) is 18.8 Å². The topological polar surface area (TPSA) is 64.3 Å². The molecule has 0 aromatic carbocycles. The Labute approximate surface area is 117 Å². The summed E-state index contributed by atoms with van der Waals surface area (Å²) in [6.45, 7) is 5.19.